The van der Waals surface area contributed by atoms with E-state index in [0.717, 1.165) is 32.0 Å². The molecule has 0 spiro atoms. The highest BCUT2D eigenvalue weighted by atomic mass is 16.5. The smallest absolute Gasteiger partial charge is 0.121 e. The van der Waals surface area contributed by atoms with Crippen LogP contribution in [0.25, 0.3) is 0 Å². The largest absolute Gasteiger partial charge is 0.468 e. The van der Waals surface area contributed by atoms with E-state index in [0.29, 0.717) is 12.6 Å². The van der Waals surface area contributed by atoms with Gasteiger partial charge in [0.25, 0.3) is 0 Å². The summed E-state index contributed by atoms with van der Waals surface area (Å²) in [6.45, 7) is 6.42. The molecule has 0 saturated carbocycles. The minimum Gasteiger partial charge on any atom is -0.468 e. The van der Waals surface area contributed by atoms with Gasteiger partial charge in [-0.25, -0.2) is 0 Å². The molecule has 4 heteroatoms. The fraction of sp³-hybridized carbons (Fsp3) is 0.692. The molecule has 4 nitrogen and oxygen atoms in total. The third-order valence-electron chi connectivity index (χ3n) is 3.28. The fourth-order valence-electron chi connectivity index (χ4n) is 2.46. The zero-order valence-electron chi connectivity index (χ0n) is 10.5. The summed E-state index contributed by atoms with van der Waals surface area (Å²) in [6.07, 6.45) is 4.50. The quantitative estimate of drug-likeness (QED) is 0.849. The van der Waals surface area contributed by atoms with Gasteiger partial charge in [-0.3, -0.25) is 4.90 Å². The van der Waals surface area contributed by atoms with Crippen molar-refractivity contribution in [1.82, 2.24) is 4.90 Å². The van der Waals surface area contributed by atoms with Gasteiger partial charge in [0.15, 0.2) is 0 Å². The number of hydrogen-bond donors (Lipinski definition) is 1. The van der Waals surface area contributed by atoms with Crippen LogP contribution >= 0.6 is 0 Å². The zero-order valence-corrected chi connectivity index (χ0v) is 10.5. The van der Waals surface area contributed by atoms with Crippen LogP contribution in [0.1, 0.15) is 31.1 Å². The van der Waals surface area contributed by atoms with Crippen LogP contribution < -0.4 is 5.73 Å². The molecule has 1 fully saturated rings. The molecule has 1 aromatic heterocycles. The van der Waals surface area contributed by atoms with Gasteiger partial charge in [-0.1, -0.05) is 0 Å². The lowest BCUT2D eigenvalue weighted by Gasteiger charge is -2.32. The Balaban J connectivity index is 1.90. The van der Waals surface area contributed by atoms with Gasteiger partial charge >= 0.3 is 0 Å². The molecular formula is C13H22N2O2. The van der Waals surface area contributed by atoms with Crippen LogP contribution in [0.4, 0.5) is 0 Å². The maximum absolute atomic E-state index is 5.70. The van der Waals surface area contributed by atoms with Gasteiger partial charge < -0.3 is 14.9 Å². The Kier molecular flexibility index (Phi) is 4.59. The maximum atomic E-state index is 5.70. The highest BCUT2D eigenvalue weighted by molar-refractivity contribution is 5.16. The number of nitrogens with zero attached hydrogens (tertiary/aromatic N) is 1. The SMILES string of the molecule is CCOC1CCCN(Cc2ccoc2CN)C1. The summed E-state index contributed by atoms with van der Waals surface area (Å²) in [7, 11) is 0. The topological polar surface area (TPSA) is 51.6 Å². The summed E-state index contributed by atoms with van der Waals surface area (Å²) >= 11 is 0. The first-order valence-electron chi connectivity index (χ1n) is 6.42. The highest BCUT2D eigenvalue weighted by Crippen LogP contribution is 2.18. The molecule has 96 valence electrons. The molecule has 0 amide bonds. The predicted molar refractivity (Wildman–Crippen MR) is 66.5 cm³/mol. The fourth-order valence-corrected chi connectivity index (χ4v) is 2.46. The van der Waals surface area contributed by atoms with Crippen molar-refractivity contribution in [3.63, 3.8) is 0 Å². The third kappa shape index (κ3) is 3.31. The second-order valence-electron chi connectivity index (χ2n) is 4.53. The predicted octanol–water partition coefficient (Wildman–Crippen LogP) is 1.74. The van der Waals surface area contributed by atoms with Crippen molar-refractivity contribution < 1.29 is 9.15 Å². The lowest BCUT2D eigenvalue weighted by Crippen LogP contribution is -2.39. The Morgan fingerprint density at radius 3 is 3.24 bits per heavy atom. The summed E-state index contributed by atoms with van der Waals surface area (Å²) in [5.41, 5.74) is 6.85. The molecule has 1 aliphatic rings. The van der Waals surface area contributed by atoms with E-state index in [2.05, 4.69) is 11.8 Å². The Morgan fingerprint density at radius 2 is 2.47 bits per heavy atom. The van der Waals surface area contributed by atoms with E-state index in [-0.39, 0.29) is 0 Å². The highest BCUT2D eigenvalue weighted by Gasteiger charge is 2.21. The second-order valence-corrected chi connectivity index (χ2v) is 4.53. The number of nitrogens with two attached hydrogens (primary N) is 1. The van der Waals surface area contributed by atoms with Crippen LogP contribution in [0.3, 0.4) is 0 Å². The summed E-state index contributed by atoms with van der Waals surface area (Å²) in [5, 5.41) is 0. The van der Waals surface area contributed by atoms with Crippen molar-refractivity contribution in [3.8, 4) is 0 Å². The number of ether oxygens (including phenoxy) is 1. The van der Waals surface area contributed by atoms with E-state index in [9.17, 15) is 0 Å². The van der Waals surface area contributed by atoms with E-state index < -0.39 is 0 Å². The molecule has 17 heavy (non-hydrogen) atoms. The zero-order chi connectivity index (χ0) is 12.1. The van der Waals surface area contributed by atoms with Gasteiger partial charge in [-0.2, -0.15) is 0 Å². The molecule has 0 bridgehead atoms. The minimum absolute atomic E-state index is 0.391. The van der Waals surface area contributed by atoms with E-state index in [4.69, 9.17) is 14.9 Å². The van der Waals surface area contributed by atoms with E-state index in [1.54, 1.807) is 6.26 Å². The number of hydrogen-bond acceptors (Lipinski definition) is 4. The lowest BCUT2D eigenvalue weighted by molar-refractivity contribution is 0.00350. The van der Waals surface area contributed by atoms with Crippen molar-refractivity contribution in [2.24, 2.45) is 5.73 Å². The Labute approximate surface area is 103 Å². The van der Waals surface area contributed by atoms with Gasteiger partial charge in [0.2, 0.25) is 0 Å². The van der Waals surface area contributed by atoms with Crippen molar-refractivity contribution in [3.05, 3.63) is 23.7 Å². The molecule has 0 radical (unpaired) electrons. The Morgan fingerprint density at radius 1 is 1.59 bits per heavy atom. The van der Waals surface area contributed by atoms with Crippen molar-refractivity contribution in [1.29, 1.82) is 0 Å². The minimum atomic E-state index is 0.391. The van der Waals surface area contributed by atoms with E-state index >= 15 is 0 Å². The standard InChI is InChI=1S/C13H22N2O2/c1-2-16-12-4-3-6-15(10-12)9-11-5-7-17-13(11)8-14/h5,7,12H,2-4,6,8-10,14H2,1H3. The molecule has 1 aliphatic heterocycles. The third-order valence-corrected chi connectivity index (χ3v) is 3.28. The molecular weight excluding hydrogens is 216 g/mol. The van der Waals surface area contributed by atoms with Gasteiger partial charge in [0.1, 0.15) is 5.76 Å². The van der Waals surface area contributed by atoms with Gasteiger partial charge in [-0.15, -0.1) is 0 Å². The molecule has 1 unspecified atom stereocenters. The Bertz CT molecular complexity index is 336. The number of piperidine rings is 1. The first kappa shape index (κ1) is 12.6. The van der Waals surface area contributed by atoms with Gasteiger partial charge in [0.05, 0.1) is 18.9 Å². The average Bonchev–Trinajstić information content (AvgIpc) is 2.77. The molecule has 2 heterocycles. The number of furan rings is 1. The average molecular weight is 238 g/mol. The van der Waals surface area contributed by atoms with Crippen molar-refractivity contribution in [2.75, 3.05) is 19.7 Å². The maximum Gasteiger partial charge on any atom is 0.121 e. The van der Waals surface area contributed by atoms with Gasteiger partial charge in [0, 0.05) is 25.3 Å². The monoisotopic (exact) mass is 238 g/mol. The van der Waals surface area contributed by atoms with Crippen LogP contribution in [0.2, 0.25) is 0 Å². The first-order chi connectivity index (χ1) is 8.33. The molecule has 1 saturated heterocycles. The summed E-state index contributed by atoms with van der Waals surface area (Å²) in [4.78, 5) is 2.42. The van der Waals surface area contributed by atoms with Crippen molar-refractivity contribution in [2.45, 2.75) is 39.0 Å². The van der Waals surface area contributed by atoms with Crippen LogP contribution in [-0.4, -0.2) is 30.7 Å². The molecule has 2 rings (SSSR count). The number of likely N-dealkylation sites (tertiary alicyclic amines) is 1. The normalized spacial score (nSPS) is 21.9. The Hall–Kier alpha value is -0.840. The summed E-state index contributed by atoms with van der Waals surface area (Å²) < 4.78 is 11.0. The number of rotatable bonds is 5. The lowest BCUT2D eigenvalue weighted by atomic mass is 10.1. The van der Waals surface area contributed by atoms with Gasteiger partial charge in [-0.05, 0) is 32.4 Å². The molecule has 0 aromatic carbocycles. The van der Waals surface area contributed by atoms with Crippen LogP contribution in [0.5, 0.6) is 0 Å². The summed E-state index contributed by atoms with van der Waals surface area (Å²) in [5.74, 6) is 0.906. The first-order valence-corrected chi connectivity index (χ1v) is 6.42. The van der Waals surface area contributed by atoms with Crippen LogP contribution in [-0.2, 0) is 17.8 Å². The van der Waals surface area contributed by atoms with E-state index in [1.165, 1.54) is 18.4 Å². The van der Waals surface area contributed by atoms with E-state index in [1.807, 2.05) is 6.07 Å². The summed E-state index contributed by atoms with van der Waals surface area (Å²) in [6, 6.07) is 2.02. The molecule has 1 aromatic rings. The van der Waals surface area contributed by atoms with Crippen LogP contribution in [0.15, 0.2) is 16.7 Å². The van der Waals surface area contributed by atoms with Crippen molar-refractivity contribution >= 4 is 0 Å². The second kappa shape index (κ2) is 6.19. The molecule has 0 aliphatic carbocycles. The molecule has 2 N–H and O–H groups in total. The molecule has 1 atom stereocenters. The van der Waals surface area contributed by atoms with Crippen LogP contribution in [0, 0.1) is 0 Å².